The van der Waals surface area contributed by atoms with Gasteiger partial charge < -0.3 is 9.52 Å². The Hall–Kier alpha value is -2.60. The number of hydrogen-bond donors (Lipinski definition) is 1. The third-order valence-corrected chi connectivity index (χ3v) is 5.12. The number of hydrogen-bond acceptors (Lipinski definition) is 6. The number of rotatable bonds is 5. The smallest absolute Gasteiger partial charge is 0.347 e. The van der Waals surface area contributed by atoms with Crippen molar-refractivity contribution >= 4 is 11.8 Å². The van der Waals surface area contributed by atoms with E-state index in [0.29, 0.717) is 23.1 Å². The molecule has 0 bridgehead atoms. The fraction of sp³-hybridized carbons (Fsp3) is 0.286. The Labute approximate surface area is 162 Å². The van der Waals surface area contributed by atoms with Crippen LogP contribution in [0.2, 0.25) is 0 Å². The van der Waals surface area contributed by atoms with Crippen molar-refractivity contribution in [3.05, 3.63) is 69.0 Å². The van der Waals surface area contributed by atoms with Crippen LogP contribution in [0.25, 0.3) is 11.1 Å². The maximum absolute atomic E-state index is 12.6. The van der Waals surface area contributed by atoms with Gasteiger partial charge in [-0.25, -0.2) is 14.8 Å². The van der Waals surface area contributed by atoms with E-state index >= 15 is 0 Å². The molecule has 0 unspecified atom stereocenters. The summed E-state index contributed by atoms with van der Waals surface area (Å²) in [6.07, 6.45) is 4.03. The third kappa shape index (κ3) is 4.39. The lowest BCUT2D eigenvalue weighted by Crippen LogP contribution is -2.08. The van der Waals surface area contributed by atoms with Crippen molar-refractivity contribution in [2.45, 2.75) is 39.3 Å². The zero-order valence-electron chi connectivity index (χ0n) is 15.9. The quantitative estimate of drug-likeness (QED) is 0.522. The van der Waals surface area contributed by atoms with Crippen LogP contribution in [-0.4, -0.2) is 20.8 Å². The molecule has 0 aliphatic heterocycles. The molecule has 3 aromatic rings. The maximum atomic E-state index is 12.6. The second-order valence-electron chi connectivity index (χ2n) is 6.68. The fourth-order valence-electron chi connectivity index (χ4n) is 3.15. The highest BCUT2D eigenvalue weighted by atomic mass is 32.2. The van der Waals surface area contributed by atoms with E-state index in [1.54, 1.807) is 12.4 Å². The van der Waals surface area contributed by atoms with Crippen LogP contribution in [0.5, 0.6) is 5.75 Å². The summed E-state index contributed by atoms with van der Waals surface area (Å²) < 4.78 is 5.47. The van der Waals surface area contributed by atoms with E-state index in [9.17, 15) is 9.90 Å². The van der Waals surface area contributed by atoms with Crippen molar-refractivity contribution in [3.8, 4) is 16.9 Å². The second-order valence-corrected chi connectivity index (χ2v) is 7.74. The van der Waals surface area contributed by atoms with Crippen molar-refractivity contribution in [2.24, 2.45) is 0 Å². The van der Waals surface area contributed by atoms with Crippen LogP contribution in [0.4, 0.5) is 0 Å². The molecule has 1 N–H and O–H groups in total. The largest absolute Gasteiger partial charge is 0.507 e. The first-order valence-corrected chi connectivity index (χ1v) is 9.69. The average Bonchev–Trinajstić information content (AvgIpc) is 2.58. The second kappa shape index (κ2) is 7.96. The van der Waals surface area contributed by atoms with Crippen LogP contribution in [0.15, 0.2) is 45.0 Å². The molecule has 0 saturated heterocycles. The maximum Gasteiger partial charge on any atom is 0.347 e. The van der Waals surface area contributed by atoms with Crippen LogP contribution in [0.1, 0.15) is 28.0 Å². The van der Waals surface area contributed by atoms with E-state index < -0.39 is 5.63 Å². The van der Waals surface area contributed by atoms with E-state index in [2.05, 4.69) is 9.97 Å². The van der Waals surface area contributed by atoms with Gasteiger partial charge in [0.25, 0.3) is 0 Å². The molecule has 27 heavy (non-hydrogen) atoms. The lowest BCUT2D eigenvalue weighted by molar-refractivity contribution is 0.430. The van der Waals surface area contributed by atoms with Gasteiger partial charge in [0.15, 0.2) is 5.16 Å². The van der Waals surface area contributed by atoms with Crippen molar-refractivity contribution in [1.82, 2.24) is 9.97 Å². The number of nitrogens with zero attached hydrogens (tertiary/aromatic N) is 2. The first kappa shape index (κ1) is 19.2. The first-order chi connectivity index (χ1) is 12.8. The molecule has 0 spiro atoms. The van der Waals surface area contributed by atoms with E-state index in [4.69, 9.17) is 4.42 Å². The highest BCUT2D eigenvalue weighted by Gasteiger charge is 2.17. The number of aryl methyl sites for hydroxylation is 5. The highest BCUT2D eigenvalue weighted by molar-refractivity contribution is 7.99. The summed E-state index contributed by atoms with van der Waals surface area (Å²) in [6.45, 7) is 7.80. The zero-order valence-corrected chi connectivity index (χ0v) is 16.7. The predicted octanol–water partition coefficient (Wildman–Crippen LogP) is 4.37. The molecular formula is C21H22N2O3S. The monoisotopic (exact) mass is 382 g/mol. The number of aromatic nitrogens is 2. The van der Waals surface area contributed by atoms with E-state index in [1.165, 1.54) is 17.8 Å². The Morgan fingerprint density at radius 2 is 1.59 bits per heavy atom. The van der Waals surface area contributed by atoms with Gasteiger partial charge in [-0.2, -0.15) is 0 Å². The standard InChI is InChI=1S/C21H22N2O3S/c1-12-7-14(3)18(15(4)8-12)19-17(24)9-16(26-20(19)25)5-6-27-21-22-10-13(2)11-23-21/h7-11,24H,5-6H2,1-4H3. The highest BCUT2D eigenvalue weighted by Crippen LogP contribution is 2.32. The van der Waals surface area contributed by atoms with Crippen LogP contribution >= 0.6 is 11.8 Å². The van der Waals surface area contributed by atoms with E-state index in [0.717, 1.165) is 27.8 Å². The molecular weight excluding hydrogens is 360 g/mol. The molecule has 5 nitrogen and oxygen atoms in total. The van der Waals surface area contributed by atoms with Gasteiger partial charge in [-0.05, 0) is 49.9 Å². The number of aromatic hydroxyl groups is 1. The van der Waals surface area contributed by atoms with Gasteiger partial charge in [-0.1, -0.05) is 29.5 Å². The Balaban J connectivity index is 1.81. The molecule has 2 heterocycles. The molecule has 0 atom stereocenters. The van der Waals surface area contributed by atoms with Crippen LogP contribution in [0, 0.1) is 27.7 Å². The Kier molecular flexibility index (Phi) is 5.65. The van der Waals surface area contributed by atoms with Gasteiger partial charge in [0.1, 0.15) is 17.1 Å². The third-order valence-electron chi connectivity index (χ3n) is 4.25. The van der Waals surface area contributed by atoms with Gasteiger partial charge in [0.2, 0.25) is 0 Å². The normalized spacial score (nSPS) is 11.0. The summed E-state index contributed by atoms with van der Waals surface area (Å²) in [7, 11) is 0. The van der Waals surface area contributed by atoms with Gasteiger partial charge in [-0.3, -0.25) is 0 Å². The summed E-state index contributed by atoms with van der Waals surface area (Å²) in [4.78, 5) is 21.0. The molecule has 0 saturated carbocycles. The van der Waals surface area contributed by atoms with Crippen molar-refractivity contribution < 1.29 is 9.52 Å². The summed E-state index contributed by atoms with van der Waals surface area (Å²) in [5.41, 5.74) is 4.45. The summed E-state index contributed by atoms with van der Waals surface area (Å²) in [5, 5.41) is 11.2. The van der Waals surface area contributed by atoms with Crippen LogP contribution in [-0.2, 0) is 6.42 Å². The minimum absolute atomic E-state index is 0.0483. The molecule has 3 rings (SSSR count). The summed E-state index contributed by atoms with van der Waals surface area (Å²) in [5.74, 6) is 1.05. The fourth-order valence-corrected chi connectivity index (χ4v) is 3.89. The molecule has 0 amide bonds. The minimum atomic E-state index is -0.517. The molecule has 0 radical (unpaired) electrons. The first-order valence-electron chi connectivity index (χ1n) is 8.71. The average molecular weight is 382 g/mol. The molecule has 0 aliphatic rings. The van der Waals surface area contributed by atoms with Gasteiger partial charge in [0.05, 0.1) is 0 Å². The minimum Gasteiger partial charge on any atom is -0.507 e. The molecule has 6 heteroatoms. The molecule has 0 fully saturated rings. The summed E-state index contributed by atoms with van der Waals surface area (Å²) in [6, 6.07) is 5.52. The van der Waals surface area contributed by atoms with Crippen molar-refractivity contribution in [3.63, 3.8) is 0 Å². The zero-order chi connectivity index (χ0) is 19.6. The van der Waals surface area contributed by atoms with Crippen molar-refractivity contribution in [1.29, 1.82) is 0 Å². The van der Waals surface area contributed by atoms with Crippen LogP contribution in [0.3, 0.4) is 0 Å². The molecule has 1 aromatic carbocycles. The Morgan fingerprint density at radius 1 is 0.963 bits per heavy atom. The van der Waals surface area contributed by atoms with Crippen LogP contribution < -0.4 is 5.63 Å². The summed E-state index contributed by atoms with van der Waals surface area (Å²) >= 11 is 1.48. The van der Waals surface area contributed by atoms with E-state index in [1.807, 2.05) is 39.8 Å². The molecule has 2 aromatic heterocycles. The predicted molar refractivity (Wildman–Crippen MR) is 107 cm³/mol. The van der Waals surface area contributed by atoms with Gasteiger partial charge >= 0.3 is 5.63 Å². The molecule has 0 aliphatic carbocycles. The lowest BCUT2D eigenvalue weighted by Gasteiger charge is -2.12. The number of thioether (sulfide) groups is 1. The number of benzene rings is 1. The van der Waals surface area contributed by atoms with Crippen molar-refractivity contribution in [2.75, 3.05) is 5.75 Å². The van der Waals surface area contributed by atoms with E-state index in [-0.39, 0.29) is 11.3 Å². The SMILES string of the molecule is Cc1cnc(SCCc2cc(O)c(-c3c(C)cc(C)cc3C)c(=O)o2)nc1. The topological polar surface area (TPSA) is 76.2 Å². The lowest BCUT2D eigenvalue weighted by atomic mass is 9.94. The molecule has 140 valence electrons. The Morgan fingerprint density at radius 3 is 2.19 bits per heavy atom. The van der Waals surface area contributed by atoms with Gasteiger partial charge in [-0.15, -0.1) is 0 Å². The Bertz CT molecular complexity index is 1000. The van der Waals surface area contributed by atoms with Gasteiger partial charge in [0, 0.05) is 30.6 Å².